The average molecular weight is 601 g/mol. The van der Waals surface area contributed by atoms with Gasteiger partial charge in [0.2, 0.25) is 0 Å². The van der Waals surface area contributed by atoms with Crippen LogP contribution >= 0.6 is 11.3 Å². The minimum atomic E-state index is -1.12. The lowest BCUT2D eigenvalue weighted by Crippen LogP contribution is -2.41. The Hall–Kier alpha value is -4.51. The van der Waals surface area contributed by atoms with Gasteiger partial charge >= 0.3 is 12.1 Å². The third-order valence-electron chi connectivity index (χ3n) is 7.67. The zero-order chi connectivity index (χ0) is 30.0. The van der Waals surface area contributed by atoms with Crippen LogP contribution in [0.3, 0.4) is 0 Å². The third-order valence-corrected chi connectivity index (χ3v) is 8.40. The largest absolute Gasteiger partial charge is 0.480 e. The van der Waals surface area contributed by atoms with Crippen molar-refractivity contribution in [3.63, 3.8) is 0 Å². The maximum atomic E-state index is 12.3. The maximum absolute atomic E-state index is 12.3. The molecule has 224 valence electrons. The minimum Gasteiger partial charge on any atom is -0.480 e. The van der Waals surface area contributed by atoms with E-state index in [1.54, 1.807) is 11.3 Å². The Morgan fingerprint density at radius 1 is 1.07 bits per heavy atom. The fraction of sp³-hybridized carbons (Fsp3) is 0.344. The molecule has 0 radical (unpaired) electrons. The summed E-state index contributed by atoms with van der Waals surface area (Å²) in [5, 5.41) is 19.8. The van der Waals surface area contributed by atoms with Crippen LogP contribution in [0, 0.1) is 6.92 Å². The van der Waals surface area contributed by atoms with E-state index >= 15 is 0 Å². The number of aliphatic carboxylic acids is 1. The van der Waals surface area contributed by atoms with E-state index in [0.717, 1.165) is 66.6 Å². The lowest BCUT2D eigenvalue weighted by atomic mass is 9.92. The topological polar surface area (TPSA) is 130 Å². The molecule has 0 aliphatic carbocycles. The molecule has 1 saturated heterocycles. The van der Waals surface area contributed by atoms with Crippen LogP contribution in [0.1, 0.15) is 53.3 Å². The predicted octanol–water partition coefficient (Wildman–Crippen LogP) is 5.55. The second kappa shape index (κ2) is 14.6. The van der Waals surface area contributed by atoms with Gasteiger partial charge in [0.25, 0.3) is 0 Å². The fourth-order valence-electron chi connectivity index (χ4n) is 5.24. The molecule has 1 aliphatic heterocycles. The quantitative estimate of drug-likeness (QED) is 0.192. The Bertz CT molecular complexity index is 1490. The number of aromatic nitrogens is 3. The van der Waals surface area contributed by atoms with Crippen molar-refractivity contribution in [2.45, 2.75) is 57.7 Å². The molecule has 4 aromatic rings. The number of rotatable bonds is 12. The fourth-order valence-corrected chi connectivity index (χ4v) is 5.91. The number of carboxylic acids is 1. The van der Waals surface area contributed by atoms with Crippen LogP contribution in [0.2, 0.25) is 0 Å². The van der Waals surface area contributed by atoms with Crippen LogP contribution in [0.15, 0.2) is 71.7 Å². The van der Waals surface area contributed by atoms with E-state index in [1.807, 2.05) is 43.3 Å². The Labute approximate surface area is 255 Å². The molecule has 1 atom stereocenters. The van der Waals surface area contributed by atoms with Gasteiger partial charge in [-0.1, -0.05) is 36.4 Å². The second-order valence-electron chi connectivity index (χ2n) is 10.6. The van der Waals surface area contributed by atoms with Crippen LogP contribution in [0.4, 0.5) is 16.4 Å². The number of alkyl carbamates (subject to hydrolysis) is 1. The summed E-state index contributed by atoms with van der Waals surface area (Å²) >= 11 is 1.69. The second-order valence-corrected chi connectivity index (χ2v) is 11.4. The number of carboxylic acid groups (broad SMARTS) is 1. The summed E-state index contributed by atoms with van der Waals surface area (Å²) in [4.78, 5) is 40.3. The molecule has 1 amide bonds. The highest BCUT2D eigenvalue weighted by Crippen LogP contribution is 2.31. The molecule has 0 spiro atoms. The van der Waals surface area contributed by atoms with Crippen molar-refractivity contribution < 1.29 is 19.4 Å². The molecule has 11 heteroatoms. The molecule has 10 nitrogen and oxygen atoms in total. The van der Waals surface area contributed by atoms with Gasteiger partial charge in [-0.2, -0.15) is 11.3 Å². The number of nitrogens with zero attached hydrogens (tertiary/aromatic N) is 4. The normalized spacial score (nSPS) is 14.2. The molecule has 1 aliphatic rings. The van der Waals surface area contributed by atoms with Crippen molar-refractivity contribution in [1.82, 2.24) is 20.3 Å². The van der Waals surface area contributed by atoms with Gasteiger partial charge in [0.15, 0.2) is 0 Å². The first-order valence-electron chi connectivity index (χ1n) is 14.4. The molecule has 0 saturated carbocycles. The average Bonchev–Trinajstić information content (AvgIpc) is 3.56. The number of pyridine rings is 1. The SMILES string of the molecule is Cc1c(CCC(NC(=O)OCc2ccccc2)C(=O)O)ncnc1N1CCC(c2cccc(NCc3ccsc3)n2)CC1. The Morgan fingerprint density at radius 3 is 2.63 bits per heavy atom. The van der Waals surface area contributed by atoms with Gasteiger partial charge in [-0.05, 0) is 72.7 Å². The summed E-state index contributed by atoms with van der Waals surface area (Å²) in [5.74, 6) is 1.00. The van der Waals surface area contributed by atoms with Crippen molar-refractivity contribution in [3.05, 3.63) is 99.8 Å². The monoisotopic (exact) mass is 600 g/mol. The first-order chi connectivity index (χ1) is 21.0. The number of piperidine rings is 1. The standard InChI is InChI=1S/C32H36N6O4S/c1-22-26(10-11-28(31(39)40)37-32(41)42-19-23-6-3-2-4-7-23)34-21-35-30(22)38-15-12-25(13-16-38)27-8-5-9-29(36-27)33-18-24-14-17-43-20-24/h2-9,14,17,20-21,25,28H,10-13,15-16,18-19H2,1H3,(H,33,36)(H,37,41)(H,39,40). The summed E-state index contributed by atoms with van der Waals surface area (Å²) in [6.45, 7) is 4.47. The molecule has 3 aromatic heterocycles. The van der Waals surface area contributed by atoms with E-state index in [2.05, 4.69) is 54.5 Å². The lowest BCUT2D eigenvalue weighted by molar-refractivity contribution is -0.139. The third kappa shape index (κ3) is 8.29. The number of aryl methyl sites for hydroxylation is 1. The zero-order valence-corrected chi connectivity index (χ0v) is 24.9. The van der Waals surface area contributed by atoms with E-state index < -0.39 is 18.1 Å². The number of ether oxygens (including phenoxy) is 1. The van der Waals surface area contributed by atoms with E-state index in [9.17, 15) is 14.7 Å². The first kappa shape index (κ1) is 30.0. The van der Waals surface area contributed by atoms with Crippen LogP contribution in [0.5, 0.6) is 0 Å². The van der Waals surface area contributed by atoms with Crippen molar-refractivity contribution in [3.8, 4) is 0 Å². The highest BCUT2D eigenvalue weighted by atomic mass is 32.1. The Balaban J connectivity index is 1.13. The van der Waals surface area contributed by atoms with Crippen molar-refractivity contribution in [1.29, 1.82) is 0 Å². The van der Waals surface area contributed by atoms with E-state index in [-0.39, 0.29) is 13.0 Å². The number of hydrogen-bond donors (Lipinski definition) is 3. The molecule has 4 heterocycles. The highest BCUT2D eigenvalue weighted by Gasteiger charge is 2.26. The van der Waals surface area contributed by atoms with Gasteiger partial charge in [-0.25, -0.2) is 24.5 Å². The summed E-state index contributed by atoms with van der Waals surface area (Å²) in [6, 6.07) is 16.4. The molecule has 43 heavy (non-hydrogen) atoms. The van der Waals surface area contributed by atoms with Crippen LogP contribution in [-0.2, 0) is 29.1 Å². The summed E-state index contributed by atoms with van der Waals surface area (Å²) in [5.41, 5.74) is 4.87. The molecule has 1 fully saturated rings. The molecule has 3 N–H and O–H groups in total. The zero-order valence-electron chi connectivity index (χ0n) is 24.1. The van der Waals surface area contributed by atoms with Gasteiger partial charge in [0.1, 0.15) is 30.6 Å². The number of benzene rings is 1. The molecule has 1 aromatic carbocycles. The molecular formula is C32H36N6O4S. The smallest absolute Gasteiger partial charge is 0.408 e. The minimum absolute atomic E-state index is 0.0675. The number of hydrogen-bond acceptors (Lipinski definition) is 9. The van der Waals surface area contributed by atoms with Crippen LogP contribution in [-0.4, -0.2) is 51.3 Å². The van der Waals surface area contributed by atoms with E-state index in [0.29, 0.717) is 12.3 Å². The Morgan fingerprint density at radius 2 is 1.88 bits per heavy atom. The van der Waals surface area contributed by atoms with Gasteiger partial charge in [-0.3, -0.25) is 0 Å². The molecule has 0 bridgehead atoms. The number of carbonyl (C=O) groups is 2. The number of carbonyl (C=O) groups excluding carboxylic acids is 1. The predicted molar refractivity (Wildman–Crippen MR) is 166 cm³/mol. The van der Waals surface area contributed by atoms with Gasteiger partial charge in [0.05, 0.1) is 0 Å². The van der Waals surface area contributed by atoms with Gasteiger partial charge in [0, 0.05) is 42.5 Å². The van der Waals surface area contributed by atoms with E-state index in [1.165, 1.54) is 11.9 Å². The Kier molecular flexibility index (Phi) is 10.2. The summed E-state index contributed by atoms with van der Waals surface area (Å²) in [7, 11) is 0. The molecule has 1 unspecified atom stereocenters. The maximum Gasteiger partial charge on any atom is 0.408 e. The van der Waals surface area contributed by atoms with Gasteiger partial charge < -0.3 is 25.4 Å². The van der Waals surface area contributed by atoms with Crippen LogP contribution in [0.25, 0.3) is 0 Å². The number of anilines is 2. The van der Waals surface area contributed by atoms with Gasteiger partial charge in [-0.15, -0.1) is 0 Å². The van der Waals surface area contributed by atoms with E-state index in [4.69, 9.17) is 9.72 Å². The number of nitrogens with one attached hydrogen (secondary N) is 2. The molecular weight excluding hydrogens is 564 g/mol. The molecule has 5 rings (SSSR count). The highest BCUT2D eigenvalue weighted by molar-refractivity contribution is 7.07. The first-order valence-corrected chi connectivity index (χ1v) is 15.4. The van der Waals surface area contributed by atoms with Crippen molar-refractivity contribution in [2.75, 3.05) is 23.3 Å². The van der Waals surface area contributed by atoms with Crippen molar-refractivity contribution in [2.24, 2.45) is 0 Å². The summed E-state index contributed by atoms with van der Waals surface area (Å²) < 4.78 is 5.20. The lowest BCUT2D eigenvalue weighted by Gasteiger charge is -2.33. The number of thiophene rings is 1. The van der Waals surface area contributed by atoms with Crippen LogP contribution < -0.4 is 15.5 Å². The number of amides is 1. The van der Waals surface area contributed by atoms with Crippen molar-refractivity contribution >= 4 is 35.0 Å². The summed E-state index contributed by atoms with van der Waals surface area (Å²) in [6.07, 6.45) is 3.23.